The molecule has 2 atom stereocenters. The highest BCUT2D eigenvalue weighted by Gasteiger charge is 2.28. The molecular formula is C15H14FN5O2. The van der Waals surface area contributed by atoms with Crippen molar-refractivity contribution in [1.29, 1.82) is 5.26 Å². The summed E-state index contributed by atoms with van der Waals surface area (Å²) in [6.45, 7) is 1.06. The topological polar surface area (TPSA) is 92.8 Å². The van der Waals surface area contributed by atoms with Gasteiger partial charge in [0.25, 0.3) is 5.91 Å². The molecule has 23 heavy (non-hydrogen) atoms. The van der Waals surface area contributed by atoms with Crippen molar-refractivity contribution in [2.24, 2.45) is 5.92 Å². The van der Waals surface area contributed by atoms with E-state index in [1.165, 1.54) is 35.3 Å². The maximum absolute atomic E-state index is 12.9. The molecule has 1 amide bonds. The summed E-state index contributed by atoms with van der Waals surface area (Å²) in [5.41, 5.74) is 0.625. The van der Waals surface area contributed by atoms with Crippen molar-refractivity contribution < 1.29 is 13.9 Å². The van der Waals surface area contributed by atoms with Crippen LogP contribution in [-0.4, -0.2) is 40.2 Å². The number of carbonyl (C=O) groups excluding carboxylic acids is 1. The summed E-state index contributed by atoms with van der Waals surface area (Å²) >= 11 is 0. The molecule has 7 nitrogen and oxygen atoms in total. The molecule has 1 aromatic heterocycles. The standard InChI is InChI=1S/C15H14FN5O2/c16-11-1-3-12(4-2-11)21-18-8-14(20-21)15(22)19-13(7-17)10-5-6-23-9-10/h1-4,8,10,13H,5-6,9H2,(H,19,22)/t10-,13+/m1/s1. The van der Waals surface area contributed by atoms with Crippen LogP contribution in [0.25, 0.3) is 5.69 Å². The van der Waals surface area contributed by atoms with Crippen LogP contribution in [-0.2, 0) is 4.74 Å². The van der Waals surface area contributed by atoms with Gasteiger partial charge in [-0.15, -0.1) is 5.10 Å². The number of ether oxygens (including phenoxy) is 1. The molecule has 0 radical (unpaired) electrons. The third-order valence-corrected chi connectivity index (χ3v) is 3.64. The number of nitriles is 1. The molecule has 1 aliphatic rings. The normalized spacial score (nSPS) is 18.3. The van der Waals surface area contributed by atoms with Crippen molar-refractivity contribution in [1.82, 2.24) is 20.3 Å². The molecule has 1 aliphatic heterocycles. The van der Waals surface area contributed by atoms with Gasteiger partial charge in [-0.2, -0.15) is 15.2 Å². The second kappa shape index (κ2) is 6.54. The van der Waals surface area contributed by atoms with Crippen molar-refractivity contribution in [3.8, 4) is 11.8 Å². The molecule has 2 aromatic rings. The Balaban J connectivity index is 1.70. The van der Waals surface area contributed by atoms with Gasteiger partial charge in [0.2, 0.25) is 0 Å². The van der Waals surface area contributed by atoms with Crippen LogP contribution in [0.2, 0.25) is 0 Å². The van der Waals surface area contributed by atoms with Crippen molar-refractivity contribution in [3.05, 3.63) is 42.0 Å². The maximum atomic E-state index is 12.9. The summed E-state index contributed by atoms with van der Waals surface area (Å²) in [5.74, 6) is -0.859. The van der Waals surface area contributed by atoms with E-state index in [-0.39, 0.29) is 17.4 Å². The summed E-state index contributed by atoms with van der Waals surface area (Å²) < 4.78 is 18.1. The number of amides is 1. The molecule has 1 aromatic carbocycles. The zero-order valence-corrected chi connectivity index (χ0v) is 12.1. The third-order valence-electron chi connectivity index (χ3n) is 3.64. The highest BCUT2D eigenvalue weighted by molar-refractivity contribution is 5.92. The third kappa shape index (κ3) is 3.35. The smallest absolute Gasteiger partial charge is 0.274 e. The van der Waals surface area contributed by atoms with E-state index in [9.17, 15) is 14.4 Å². The van der Waals surface area contributed by atoms with Crippen LogP contribution < -0.4 is 5.32 Å². The fourth-order valence-electron chi connectivity index (χ4n) is 2.35. The number of benzene rings is 1. The predicted octanol–water partition coefficient (Wildman–Crippen LogP) is 1.06. The average molecular weight is 315 g/mol. The molecule has 3 rings (SSSR count). The minimum atomic E-state index is -0.624. The van der Waals surface area contributed by atoms with Crippen molar-refractivity contribution >= 4 is 5.91 Å². The number of hydrogen-bond donors (Lipinski definition) is 1. The fourth-order valence-corrected chi connectivity index (χ4v) is 2.35. The molecule has 8 heteroatoms. The number of nitrogens with one attached hydrogen (secondary N) is 1. The Morgan fingerprint density at radius 2 is 2.26 bits per heavy atom. The van der Waals surface area contributed by atoms with E-state index in [1.807, 2.05) is 0 Å². The van der Waals surface area contributed by atoms with Gasteiger partial charge in [-0.05, 0) is 30.7 Å². The van der Waals surface area contributed by atoms with E-state index in [0.717, 1.165) is 6.42 Å². The van der Waals surface area contributed by atoms with E-state index >= 15 is 0 Å². The van der Waals surface area contributed by atoms with Gasteiger partial charge in [0.05, 0.1) is 24.6 Å². The Morgan fingerprint density at radius 3 is 2.91 bits per heavy atom. The zero-order valence-electron chi connectivity index (χ0n) is 12.1. The fraction of sp³-hybridized carbons (Fsp3) is 0.333. The van der Waals surface area contributed by atoms with Crippen LogP contribution in [0.1, 0.15) is 16.9 Å². The first-order valence-corrected chi connectivity index (χ1v) is 7.14. The van der Waals surface area contributed by atoms with Crippen LogP contribution in [0, 0.1) is 23.1 Å². The van der Waals surface area contributed by atoms with Gasteiger partial charge in [-0.25, -0.2) is 4.39 Å². The molecule has 1 fully saturated rings. The molecule has 0 unspecified atom stereocenters. The number of rotatable bonds is 4. The Labute approximate surface area is 131 Å². The lowest BCUT2D eigenvalue weighted by Crippen LogP contribution is -2.39. The van der Waals surface area contributed by atoms with Gasteiger partial charge in [0.1, 0.15) is 11.9 Å². The summed E-state index contributed by atoms with van der Waals surface area (Å²) in [5, 5.41) is 19.9. The molecule has 1 saturated heterocycles. The lowest BCUT2D eigenvalue weighted by Gasteiger charge is -2.15. The molecule has 1 N–H and O–H groups in total. The number of nitrogens with zero attached hydrogens (tertiary/aromatic N) is 4. The van der Waals surface area contributed by atoms with Crippen LogP contribution in [0.15, 0.2) is 30.5 Å². The predicted molar refractivity (Wildman–Crippen MR) is 77.1 cm³/mol. The van der Waals surface area contributed by atoms with E-state index in [1.54, 1.807) is 0 Å². The molecule has 2 heterocycles. The summed E-state index contributed by atoms with van der Waals surface area (Å²) in [6, 6.07) is 7.03. The molecule has 118 valence electrons. The van der Waals surface area contributed by atoms with Crippen LogP contribution in [0.4, 0.5) is 4.39 Å². The highest BCUT2D eigenvalue weighted by atomic mass is 19.1. The molecule has 0 spiro atoms. The molecular weight excluding hydrogens is 301 g/mol. The zero-order chi connectivity index (χ0) is 16.2. The van der Waals surface area contributed by atoms with Crippen molar-refractivity contribution in [3.63, 3.8) is 0 Å². The minimum Gasteiger partial charge on any atom is -0.381 e. The first-order valence-electron chi connectivity index (χ1n) is 7.14. The van der Waals surface area contributed by atoms with Gasteiger partial charge < -0.3 is 10.1 Å². The number of hydrogen-bond acceptors (Lipinski definition) is 5. The lowest BCUT2D eigenvalue weighted by molar-refractivity contribution is 0.0925. The SMILES string of the molecule is N#C[C@H](NC(=O)c1cnn(-c2ccc(F)cc2)n1)[C@@H]1CCOC1. The Morgan fingerprint density at radius 1 is 1.48 bits per heavy atom. The van der Waals surface area contributed by atoms with Gasteiger partial charge in [0.15, 0.2) is 5.69 Å². The van der Waals surface area contributed by atoms with Gasteiger partial charge in [0, 0.05) is 12.5 Å². The number of carbonyl (C=O) groups is 1. The van der Waals surface area contributed by atoms with E-state index in [2.05, 4.69) is 21.6 Å². The number of aromatic nitrogens is 3. The minimum absolute atomic E-state index is 0.0175. The maximum Gasteiger partial charge on any atom is 0.274 e. The number of halogens is 1. The summed E-state index contributed by atoms with van der Waals surface area (Å²) in [6.07, 6.45) is 2.04. The first kappa shape index (κ1) is 15.1. The van der Waals surface area contributed by atoms with Crippen molar-refractivity contribution in [2.45, 2.75) is 12.5 Å². The van der Waals surface area contributed by atoms with Crippen molar-refractivity contribution in [2.75, 3.05) is 13.2 Å². The Hall–Kier alpha value is -2.79. The monoisotopic (exact) mass is 315 g/mol. The van der Waals surface area contributed by atoms with Crippen LogP contribution in [0.3, 0.4) is 0 Å². The molecule has 0 aliphatic carbocycles. The van der Waals surface area contributed by atoms with Gasteiger partial charge in [-0.1, -0.05) is 0 Å². The lowest BCUT2D eigenvalue weighted by atomic mass is 10.0. The summed E-state index contributed by atoms with van der Waals surface area (Å²) in [4.78, 5) is 13.4. The van der Waals surface area contributed by atoms with E-state index in [4.69, 9.17) is 4.74 Å². The van der Waals surface area contributed by atoms with E-state index < -0.39 is 11.9 Å². The second-order valence-electron chi connectivity index (χ2n) is 5.20. The average Bonchev–Trinajstić information content (AvgIpc) is 3.24. The Bertz CT molecular complexity index is 731. The van der Waals surface area contributed by atoms with Gasteiger partial charge >= 0.3 is 0 Å². The quantitative estimate of drug-likeness (QED) is 0.911. The highest BCUT2D eigenvalue weighted by Crippen LogP contribution is 2.16. The second-order valence-corrected chi connectivity index (χ2v) is 5.20. The molecule has 0 saturated carbocycles. The molecule has 0 bridgehead atoms. The first-order chi connectivity index (χ1) is 11.2. The largest absolute Gasteiger partial charge is 0.381 e. The Kier molecular flexibility index (Phi) is 4.30. The van der Waals surface area contributed by atoms with Gasteiger partial charge in [-0.3, -0.25) is 4.79 Å². The van der Waals surface area contributed by atoms with E-state index in [0.29, 0.717) is 18.9 Å². The summed E-state index contributed by atoms with van der Waals surface area (Å²) in [7, 11) is 0. The van der Waals surface area contributed by atoms with Crippen LogP contribution >= 0.6 is 0 Å². The van der Waals surface area contributed by atoms with Crippen LogP contribution in [0.5, 0.6) is 0 Å².